The number of hydrogen-bond donors (Lipinski definition) is 0. The highest BCUT2D eigenvalue weighted by Crippen LogP contribution is 2.30. The fourth-order valence-electron chi connectivity index (χ4n) is 1.47. The molecule has 0 saturated heterocycles. The minimum atomic E-state index is -0.368. The van der Waals surface area contributed by atoms with E-state index in [4.69, 9.17) is 0 Å². The second kappa shape index (κ2) is 5.78. The zero-order chi connectivity index (χ0) is 11.3. The van der Waals surface area contributed by atoms with Crippen molar-refractivity contribution < 1.29 is 4.79 Å². The van der Waals surface area contributed by atoms with Gasteiger partial charge in [0.25, 0.3) is 5.91 Å². The number of hydrogen-bond acceptors (Lipinski definition) is 1. The molecule has 1 aliphatic rings. The molecular formula is C12H20BrNO. The first-order valence-corrected chi connectivity index (χ1v) is 6.81. The largest absolute Gasteiger partial charge is 0.272 e. The van der Waals surface area contributed by atoms with Gasteiger partial charge in [-0.1, -0.05) is 49.0 Å². The summed E-state index contributed by atoms with van der Waals surface area (Å²) in [6.07, 6.45) is 8.08. The topological polar surface area (TPSA) is 29.4 Å². The van der Waals surface area contributed by atoms with Crippen molar-refractivity contribution in [3.8, 4) is 0 Å². The molecule has 1 amide bonds. The number of amides is 1. The highest BCUT2D eigenvalue weighted by atomic mass is 79.9. The third kappa shape index (κ3) is 4.06. The second-order valence-corrected chi connectivity index (χ2v) is 5.57. The number of aliphatic imine (C=N–C) groups is 1. The molecule has 1 saturated carbocycles. The summed E-state index contributed by atoms with van der Waals surface area (Å²) >= 11 is 3.33. The zero-order valence-corrected chi connectivity index (χ0v) is 11.2. The first-order valence-electron chi connectivity index (χ1n) is 5.69. The highest BCUT2D eigenvalue weighted by Gasteiger charge is 2.25. The summed E-state index contributed by atoms with van der Waals surface area (Å²) in [5.74, 6) is 0.878. The quantitative estimate of drug-likeness (QED) is 0.556. The standard InChI is InChI=1S/C12H20BrNO/c1-12(2,9-13)11(15)14-8-4-7-10-5-3-6-10/h8,10H,3-7,9H2,1-2H3/b14-8+. The van der Waals surface area contributed by atoms with Gasteiger partial charge in [0.05, 0.1) is 5.41 Å². The Balaban J connectivity index is 2.21. The summed E-state index contributed by atoms with van der Waals surface area (Å²) in [4.78, 5) is 15.6. The molecule has 15 heavy (non-hydrogen) atoms. The first kappa shape index (κ1) is 12.9. The second-order valence-electron chi connectivity index (χ2n) is 5.01. The van der Waals surface area contributed by atoms with Crippen LogP contribution in [0.15, 0.2) is 4.99 Å². The number of alkyl halides is 1. The van der Waals surface area contributed by atoms with Crippen molar-refractivity contribution in [2.24, 2.45) is 16.3 Å². The van der Waals surface area contributed by atoms with E-state index in [9.17, 15) is 4.79 Å². The lowest BCUT2D eigenvalue weighted by Gasteiger charge is -2.24. The van der Waals surface area contributed by atoms with Gasteiger partial charge in [0, 0.05) is 11.5 Å². The Morgan fingerprint density at radius 2 is 2.20 bits per heavy atom. The van der Waals surface area contributed by atoms with E-state index < -0.39 is 0 Å². The van der Waals surface area contributed by atoms with Crippen molar-refractivity contribution in [3.63, 3.8) is 0 Å². The van der Waals surface area contributed by atoms with Crippen molar-refractivity contribution in [1.82, 2.24) is 0 Å². The van der Waals surface area contributed by atoms with Crippen LogP contribution in [-0.4, -0.2) is 17.5 Å². The van der Waals surface area contributed by atoms with Gasteiger partial charge in [-0.15, -0.1) is 0 Å². The molecule has 0 radical (unpaired) electrons. The van der Waals surface area contributed by atoms with Crippen LogP contribution in [-0.2, 0) is 4.79 Å². The van der Waals surface area contributed by atoms with Crippen molar-refractivity contribution in [2.75, 3.05) is 5.33 Å². The van der Waals surface area contributed by atoms with E-state index in [0.717, 1.165) is 12.3 Å². The van der Waals surface area contributed by atoms with Gasteiger partial charge in [-0.25, -0.2) is 4.99 Å². The molecule has 0 bridgehead atoms. The molecular weight excluding hydrogens is 254 g/mol. The Labute approximate surface area is 101 Å². The predicted octanol–water partition coefficient (Wildman–Crippen LogP) is 3.59. The fraction of sp³-hybridized carbons (Fsp3) is 0.833. The van der Waals surface area contributed by atoms with Crippen LogP contribution >= 0.6 is 15.9 Å². The average molecular weight is 274 g/mol. The molecule has 0 spiro atoms. The van der Waals surface area contributed by atoms with Crippen molar-refractivity contribution in [1.29, 1.82) is 0 Å². The van der Waals surface area contributed by atoms with Crippen LogP contribution in [0.3, 0.4) is 0 Å². The SMILES string of the molecule is CC(C)(CBr)C(=O)/N=C/CCC1CCC1. The minimum absolute atomic E-state index is 0.0204. The van der Waals surface area contributed by atoms with Gasteiger partial charge in [0.2, 0.25) is 0 Å². The van der Waals surface area contributed by atoms with Gasteiger partial charge < -0.3 is 0 Å². The van der Waals surface area contributed by atoms with E-state index in [1.165, 1.54) is 25.7 Å². The number of carbonyl (C=O) groups excluding carboxylic acids is 1. The molecule has 0 aliphatic heterocycles. The van der Waals surface area contributed by atoms with E-state index >= 15 is 0 Å². The van der Waals surface area contributed by atoms with E-state index in [1.807, 2.05) is 13.8 Å². The lowest BCUT2D eigenvalue weighted by Crippen LogP contribution is -2.24. The molecule has 0 aromatic carbocycles. The van der Waals surface area contributed by atoms with Gasteiger partial charge in [0.1, 0.15) is 0 Å². The molecule has 1 fully saturated rings. The molecule has 2 nitrogen and oxygen atoms in total. The van der Waals surface area contributed by atoms with E-state index in [2.05, 4.69) is 20.9 Å². The molecule has 1 aliphatic carbocycles. The van der Waals surface area contributed by atoms with Gasteiger partial charge in [-0.05, 0) is 18.8 Å². The molecule has 0 heterocycles. The van der Waals surface area contributed by atoms with E-state index in [1.54, 1.807) is 6.21 Å². The monoisotopic (exact) mass is 273 g/mol. The zero-order valence-electron chi connectivity index (χ0n) is 9.63. The smallest absolute Gasteiger partial charge is 0.251 e. The van der Waals surface area contributed by atoms with Crippen LogP contribution in [0.1, 0.15) is 46.0 Å². The van der Waals surface area contributed by atoms with Crippen molar-refractivity contribution in [2.45, 2.75) is 46.0 Å². The summed E-state index contributed by atoms with van der Waals surface area (Å²) in [5.41, 5.74) is -0.368. The Morgan fingerprint density at radius 1 is 1.53 bits per heavy atom. The van der Waals surface area contributed by atoms with Crippen molar-refractivity contribution >= 4 is 28.1 Å². The molecule has 1 rings (SSSR count). The lowest BCUT2D eigenvalue weighted by molar-refractivity contribution is -0.124. The maximum absolute atomic E-state index is 11.6. The highest BCUT2D eigenvalue weighted by molar-refractivity contribution is 9.09. The third-order valence-electron chi connectivity index (χ3n) is 3.05. The Hall–Kier alpha value is -0.180. The van der Waals surface area contributed by atoms with Crippen molar-refractivity contribution in [3.05, 3.63) is 0 Å². The Morgan fingerprint density at radius 3 is 2.67 bits per heavy atom. The fourth-order valence-corrected chi connectivity index (χ4v) is 1.71. The van der Waals surface area contributed by atoms with Crippen LogP contribution in [0.4, 0.5) is 0 Å². The molecule has 0 aromatic heterocycles. The maximum Gasteiger partial charge on any atom is 0.251 e. The van der Waals surface area contributed by atoms with Gasteiger partial charge >= 0.3 is 0 Å². The van der Waals surface area contributed by atoms with Crippen LogP contribution in [0.5, 0.6) is 0 Å². The van der Waals surface area contributed by atoms with Crippen LogP contribution in [0.2, 0.25) is 0 Å². The van der Waals surface area contributed by atoms with Crippen LogP contribution < -0.4 is 0 Å². The third-order valence-corrected chi connectivity index (χ3v) is 4.45. The first-order chi connectivity index (χ1) is 7.06. The lowest BCUT2D eigenvalue weighted by atomic mass is 9.82. The summed E-state index contributed by atoms with van der Waals surface area (Å²) in [6, 6.07) is 0. The van der Waals surface area contributed by atoms with Crippen LogP contribution in [0, 0.1) is 11.3 Å². The van der Waals surface area contributed by atoms with Gasteiger partial charge in [-0.2, -0.15) is 0 Å². The number of nitrogens with zero attached hydrogens (tertiary/aromatic N) is 1. The summed E-state index contributed by atoms with van der Waals surface area (Å²) in [5, 5.41) is 0.665. The molecule has 86 valence electrons. The Kier molecular flexibility index (Phi) is 4.97. The molecule has 3 heteroatoms. The summed E-state index contributed by atoms with van der Waals surface area (Å²) in [6.45, 7) is 3.82. The number of halogens is 1. The number of carbonyl (C=O) groups is 1. The predicted molar refractivity (Wildman–Crippen MR) is 67.6 cm³/mol. The van der Waals surface area contributed by atoms with Gasteiger partial charge in [-0.3, -0.25) is 4.79 Å². The average Bonchev–Trinajstić information content (AvgIpc) is 2.14. The minimum Gasteiger partial charge on any atom is -0.272 e. The molecule has 0 unspecified atom stereocenters. The van der Waals surface area contributed by atoms with E-state index in [0.29, 0.717) is 5.33 Å². The Bertz CT molecular complexity index is 244. The van der Waals surface area contributed by atoms with Gasteiger partial charge in [0.15, 0.2) is 0 Å². The molecule has 0 aromatic rings. The van der Waals surface area contributed by atoms with Crippen LogP contribution in [0.25, 0.3) is 0 Å². The summed E-state index contributed by atoms with van der Waals surface area (Å²) in [7, 11) is 0. The number of rotatable bonds is 5. The van der Waals surface area contributed by atoms with E-state index in [-0.39, 0.29) is 11.3 Å². The summed E-state index contributed by atoms with van der Waals surface area (Å²) < 4.78 is 0. The normalized spacial score (nSPS) is 18.1. The molecule has 0 atom stereocenters. The molecule has 0 N–H and O–H groups in total. The maximum atomic E-state index is 11.6.